The van der Waals surface area contributed by atoms with Crippen LogP contribution in [0, 0.1) is 6.92 Å². The molecule has 2 aromatic carbocycles. The highest BCUT2D eigenvalue weighted by Gasteiger charge is 2.24. The molecule has 7 nitrogen and oxygen atoms in total. The minimum absolute atomic E-state index is 0.176. The molecule has 0 amide bonds. The summed E-state index contributed by atoms with van der Waals surface area (Å²) in [5.41, 5.74) is 2.49. The van der Waals surface area contributed by atoms with Gasteiger partial charge in [-0.2, -0.15) is 0 Å². The Morgan fingerprint density at radius 2 is 1.72 bits per heavy atom. The molecular weight excluding hydrogens is 390 g/mol. The number of sulfonamides is 1. The Morgan fingerprint density at radius 1 is 1.03 bits per heavy atom. The van der Waals surface area contributed by atoms with Gasteiger partial charge in [-0.05, 0) is 31.5 Å². The smallest absolute Gasteiger partial charge is 0.263 e. The zero-order chi connectivity index (χ0) is 20.9. The summed E-state index contributed by atoms with van der Waals surface area (Å²) in [6.07, 6.45) is 0. The highest BCUT2D eigenvalue weighted by molar-refractivity contribution is 7.92. The predicted molar refractivity (Wildman–Crippen MR) is 113 cm³/mol. The summed E-state index contributed by atoms with van der Waals surface area (Å²) >= 11 is 0. The van der Waals surface area contributed by atoms with Crippen LogP contribution in [-0.4, -0.2) is 38.0 Å². The van der Waals surface area contributed by atoms with Gasteiger partial charge in [0, 0.05) is 13.7 Å². The standard InChI is InChI=1S/C21H25N3O4S/c1-4-27-14-15-28-21-19(17-12-10-16(2)11-13-17)20(24(3)22-21)23-29(25,26)18-8-6-5-7-9-18/h5-13,23H,4,14-15H2,1-3H3. The number of aryl methyl sites for hydroxylation is 2. The van der Waals surface area contributed by atoms with E-state index in [2.05, 4.69) is 9.82 Å². The topological polar surface area (TPSA) is 82.4 Å². The maximum absolute atomic E-state index is 12.9. The Kier molecular flexibility index (Phi) is 6.56. The molecule has 0 aliphatic carbocycles. The summed E-state index contributed by atoms with van der Waals surface area (Å²) in [5, 5.41) is 4.40. The summed E-state index contributed by atoms with van der Waals surface area (Å²) in [7, 11) is -2.10. The monoisotopic (exact) mass is 415 g/mol. The molecule has 1 N–H and O–H groups in total. The molecule has 3 rings (SSSR count). The van der Waals surface area contributed by atoms with Gasteiger partial charge in [0.05, 0.1) is 17.1 Å². The molecule has 29 heavy (non-hydrogen) atoms. The van der Waals surface area contributed by atoms with Gasteiger partial charge in [0.15, 0.2) is 0 Å². The fourth-order valence-electron chi connectivity index (χ4n) is 2.83. The third-order valence-electron chi connectivity index (χ3n) is 4.31. The van der Waals surface area contributed by atoms with Crippen molar-refractivity contribution in [3.63, 3.8) is 0 Å². The summed E-state index contributed by atoms with van der Waals surface area (Å²) < 4.78 is 41.1. The lowest BCUT2D eigenvalue weighted by atomic mass is 10.1. The molecule has 0 aliphatic rings. The molecule has 8 heteroatoms. The summed E-state index contributed by atoms with van der Waals surface area (Å²) in [4.78, 5) is 0.176. The first-order valence-corrected chi connectivity index (χ1v) is 10.8. The van der Waals surface area contributed by atoms with E-state index in [0.717, 1.165) is 11.1 Å². The van der Waals surface area contributed by atoms with Crippen molar-refractivity contribution in [2.24, 2.45) is 7.05 Å². The van der Waals surface area contributed by atoms with Crippen molar-refractivity contribution in [3.8, 4) is 17.0 Å². The van der Waals surface area contributed by atoms with Gasteiger partial charge in [-0.25, -0.2) is 13.1 Å². The van der Waals surface area contributed by atoms with Crippen molar-refractivity contribution >= 4 is 15.8 Å². The average molecular weight is 416 g/mol. The molecule has 3 aromatic rings. The van der Waals surface area contributed by atoms with E-state index in [9.17, 15) is 8.42 Å². The minimum Gasteiger partial charge on any atom is -0.474 e. The van der Waals surface area contributed by atoms with Crippen molar-refractivity contribution in [2.45, 2.75) is 18.7 Å². The van der Waals surface area contributed by atoms with Crippen LogP contribution in [0.25, 0.3) is 11.1 Å². The van der Waals surface area contributed by atoms with Crippen molar-refractivity contribution in [2.75, 3.05) is 24.5 Å². The molecule has 0 saturated carbocycles. The number of hydrogen-bond acceptors (Lipinski definition) is 5. The van der Waals surface area contributed by atoms with Crippen molar-refractivity contribution < 1.29 is 17.9 Å². The Balaban J connectivity index is 2.01. The maximum atomic E-state index is 12.9. The van der Waals surface area contributed by atoms with E-state index in [0.29, 0.717) is 37.1 Å². The number of aromatic nitrogens is 2. The number of anilines is 1. The molecule has 1 aromatic heterocycles. The van der Waals surface area contributed by atoms with Crippen LogP contribution in [0.3, 0.4) is 0 Å². The van der Waals surface area contributed by atoms with Crippen LogP contribution in [0.5, 0.6) is 5.88 Å². The fourth-order valence-corrected chi connectivity index (χ4v) is 3.95. The average Bonchev–Trinajstić information content (AvgIpc) is 3.01. The molecule has 0 spiro atoms. The van der Waals surface area contributed by atoms with Gasteiger partial charge >= 0.3 is 0 Å². The van der Waals surface area contributed by atoms with Crippen LogP contribution >= 0.6 is 0 Å². The highest BCUT2D eigenvalue weighted by atomic mass is 32.2. The zero-order valence-electron chi connectivity index (χ0n) is 16.8. The molecule has 0 aliphatic heterocycles. The number of benzene rings is 2. The van der Waals surface area contributed by atoms with E-state index in [1.165, 1.54) is 4.68 Å². The normalized spacial score (nSPS) is 11.4. The molecule has 0 fully saturated rings. The number of ether oxygens (including phenoxy) is 2. The van der Waals surface area contributed by atoms with Gasteiger partial charge in [0.1, 0.15) is 12.4 Å². The van der Waals surface area contributed by atoms with Gasteiger partial charge in [-0.15, -0.1) is 5.10 Å². The summed E-state index contributed by atoms with van der Waals surface area (Å²) in [5.74, 6) is 0.686. The number of hydrogen-bond donors (Lipinski definition) is 1. The molecule has 0 bridgehead atoms. The van der Waals surface area contributed by atoms with E-state index < -0.39 is 10.0 Å². The van der Waals surface area contributed by atoms with E-state index in [-0.39, 0.29) is 4.90 Å². The first-order valence-electron chi connectivity index (χ1n) is 9.35. The second-order valence-electron chi connectivity index (χ2n) is 6.48. The van der Waals surface area contributed by atoms with E-state index >= 15 is 0 Å². The molecule has 154 valence electrons. The van der Waals surface area contributed by atoms with E-state index in [1.54, 1.807) is 37.4 Å². The van der Waals surface area contributed by atoms with Crippen molar-refractivity contribution in [1.29, 1.82) is 0 Å². The fraction of sp³-hybridized carbons (Fsp3) is 0.286. The van der Waals surface area contributed by atoms with Crippen LogP contribution < -0.4 is 9.46 Å². The Hall–Kier alpha value is -2.84. The van der Waals surface area contributed by atoms with Crippen LogP contribution in [0.2, 0.25) is 0 Å². The molecular formula is C21H25N3O4S. The minimum atomic E-state index is -3.78. The second-order valence-corrected chi connectivity index (χ2v) is 8.16. The molecule has 0 atom stereocenters. The summed E-state index contributed by atoms with van der Waals surface area (Å²) in [6.45, 7) is 5.24. The van der Waals surface area contributed by atoms with Gasteiger partial charge < -0.3 is 9.47 Å². The van der Waals surface area contributed by atoms with Crippen LogP contribution in [-0.2, 0) is 21.8 Å². The lowest BCUT2D eigenvalue weighted by molar-refractivity contribution is 0.108. The number of nitrogens with zero attached hydrogens (tertiary/aromatic N) is 2. The maximum Gasteiger partial charge on any atom is 0.263 e. The molecule has 0 saturated heterocycles. The van der Waals surface area contributed by atoms with E-state index in [1.807, 2.05) is 38.1 Å². The van der Waals surface area contributed by atoms with Gasteiger partial charge in [-0.3, -0.25) is 4.72 Å². The first kappa shape index (κ1) is 20.9. The SMILES string of the molecule is CCOCCOc1nn(C)c(NS(=O)(=O)c2ccccc2)c1-c1ccc(C)cc1. The van der Waals surface area contributed by atoms with Crippen LogP contribution in [0.1, 0.15) is 12.5 Å². The first-order chi connectivity index (χ1) is 13.9. The van der Waals surface area contributed by atoms with Gasteiger partial charge in [0.2, 0.25) is 5.88 Å². The quantitative estimate of drug-likeness (QED) is 0.540. The van der Waals surface area contributed by atoms with Gasteiger partial charge in [0.25, 0.3) is 10.0 Å². The molecule has 0 radical (unpaired) electrons. The Labute approximate surface area is 171 Å². The third-order valence-corrected chi connectivity index (χ3v) is 5.67. The molecule has 1 heterocycles. The largest absolute Gasteiger partial charge is 0.474 e. The van der Waals surface area contributed by atoms with Crippen LogP contribution in [0.4, 0.5) is 5.82 Å². The van der Waals surface area contributed by atoms with Crippen molar-refractivity contribution in [1.82, 2.24) is 9.78 Å². The number of rotatable bonds is 9. The van der Waals surface area contributed by atoms with Crippen LogP contribution in [0.15, 0.2) is 59.5 Å². The number of nitrogens with one attached hydrogen (secondary N) is 1. The van der Waals surface area contributed by atoms with Crippen molar-refractivity contribution in [3.05, 3.63) is 60.2 Å². The zero-order valence-corrected chi connectivity index (χ0v) is 17.6. The van der Waals surface area contributed by atoms with Gasteiger partial charge in [-0.1, -0.05) is 48.0 Å². The lowest BCUT2D eigenvalue weighted by Gasteiger charge is -2.11. The highest BCUT2D eigenvalue weighted by Crippen LogP contribution is 2.37. The summed E-state index contributed by atoms with van der Waals surface area (Å²) in [6, 6.07) is 16.0. The lowest BCUT2D eigenvalue weighted by Crippen LogP contribution is -2.15. The molecule has 0 unspecified atom stereocenters. The predicted octanol–water partition coefficient (Wildman–Crippen LogP) is 3.61. The second kappa shape index (κ2) is 9.11. The van der Waals surface area contributed by atoms with E-state index in [4.69, 9.17) is 9.47 Å². The Bertz CT molecular complexity index is 1050. The third kappa shape index (κ3) is 4.96. The Morgan fingerprint density at radius 3 is 2.38 bits per heavy atom.